The molecule has 1 fully saturated rings. The first-order valence-corrected chi connectivity index (χ1v) is 6.44. The highest BCUT2D eigenvalue weighted by Crippen LogP contribution is 2.21. The van der Waals surface area contributed by atoms with Gasteiger partial charge in [0.2, 0.25) is 0 Å². The second kappa shape index (κ2) is 5.29. The van der Waals surface area contributed by atoms with Crippen molar-refractivity contribution >= 4 is 18.7 Å². The molecule has 18 heavy (non-hydrogen) atoms. The van der Waals surface area contributed by atoms with E-state index in [9.17, 15) is 0 Å². The first kappa shape index (κ1) is 13.4. The van der Waals surface area contributed by atoms with Gasteiger partial charge in [0.05, 0.1) is 0 Å². The molecule has 0 unspecified atom stereocenters. The summed E-state index contributed by atoms with van der Waals surface area (Å²) in [7, 11) is -0.209. The van der Waals surface area contributed by atoms with Gasteiger partial charge in [0.15, 0.2) is 0 Å². The predicted molar refractivity (Wildman–Crippen MR) is 76.8 cm³/mol. The molecule has 0 aromatic heterocycles. The molecule has 1 aliphatic heterocycles. The van der Waals surface area contributed by atoms with Crippen molar-refractivity contribution in [2.24, 2.45) is 5.41 Å². The molecule has 1 saturated heterocycles. The largest absolute Gasteiger partial charge is 0.493 e. The number of allylic oxidation sites excluding steroid dienone is 1. The van der Waals surface area contributed by atoms with Crippen LogP contribution in [-0.4, -0.2) is 20.3 Å². The van der Waals surface area contributed by atoms with E-state index < -0.39 is 0 Å². The van der Waals surface area contributed by atoms with Crippen LogP contribution in [0.4, 0.5) is 0 Å². The fourth-order valence-corrected chi connectivity index (χ4v) is 1.97. The minimum atomic E-state index is -0.209. The van der Waals surface area contributed by atoms with Gasteiger partial charge in [0.25, 0.3) is 0 Å². The van der Waals surface area contributed by atoms with Crippen molar-refractivity contribution in [3.63, 3.8) is 0 Å². The highest BCUT2D eigenvalue weighted by molar-refractivity contribution is 6.61. The van der Waals surface area contributed by atoms with Crippen LogP contribution in [0.1, 0.15) is 33.3 Å². The molecule has 0 bridgehead atoms. The average molecular weight is 244 g/mol. The summed E-state index contributed by atoms with van der Waals surface area (Å²) in [5, 5.41) is 0. The topological polar surface area (TPSA) is 18.5 Å². The van der Waals surface area contributed by atoms with Crippen molar-refractivity contribution in [2.45, 2.75) is 27.7 Å². The monoisotopic (exact) mass is 244 g/mol. The lowest BCUT2D eigenvalue weighted by Crippen LogP contribution is -2.47. The molecule has 0 aliphatic carbocycles. The zero-order chi connectivity index (χ0) is 13.2. The first-order chi connectivity index (χ1) is 8.46. The SMILES string of the molecule is CC(C)=Cc1ccc(B2OCC(C)(C)CO2)cc1. The van der Waals surface area contributed by atoms with E-state index in [2.05, 4.69) is 58.0 Å². The standard InChI is InChI=1S/C15H21BO2/c1-12(2)9-13-5-7-14(8-6-13)16-17-10-15(3,4)11-18-16/h5-9H,10-11H2,1-4H3. The fraction of sp³-hybridized carbons (Fsp3) is 0.467. The molecule has 0 N–H and O–H groups in total. The fourth-order valence-electron chi connectivity index (χ4n) is 1.97. The van der Waals surface area contributed by atoms with Crippen molar-refractivity contribution in [3.05, 3.63) is 35.4 Å². The molecule has 3 heteroatoms. The summed E-state index contributed by atoms with van der Waals surface area (Å²) >= 11 is 0. The van der Waals surface area contributed by atoms with E-state index in [0.29, 0.717) is 0 Å². The van der Waals surface area contributed by atoms with Crippen LogP contribution in [0.2, 0.25) is 0 Å². The Bertz CT molecular complexity index is 420. The van der Waals surface area contributed by atoms with Crippen molar-refractivity contribution in [2.75, 3.05) is 13.2 Å². The van der Waals surface area contributed by atoms with Gasteiger partial charge in [-0.05, 0) is 24.9 Å². The highest BCUT2D eigenvalue weighted by atomic mass is 16.6. The van der Waals surface area contributed by atoms with E-state index in [-0.39, 0.29) is 12.5 Å². The molecule has 2 nitrogen and oxygen atoms in total. The van der Waals surface area contributed by atoms with Crippen molar-refractivity contribution in [1.29, 1.82) is 0 Å². The van der Waals surface area contributed by atoms with E-state index in [1.54, 1.807) is 0 Å². The normalized spacial score (nSPS) is 18.6. The van der Waals surface area contributed by atoms with Gasteiger partial charge in [-0.25, -0.2) is 0 Å². The summed E-state index contributed by atoms with van der Waals surface area (Å²) in [6.45, 7) is 10.00. The zero-order valence-corrected chi connectivity index (χ0v) is 11.7. The van der Waals surface area contributed by atoms with E-state index in [1.807, 2.05) is 0 Å². The van der Waals surface area contributed by atoms with Gasteiger partial charge in [0, 0.05) is 18.6 Å². The number of benzene rings is 1. The molecule has 2 rings (SSSR count). The van der Waals surface area contributed by atoms with Crippen LogP contribution in [0.5, 0.6) is 0 Å². The van der Waals surface area contributed by atoms with Gasteiger partial charge >= 0.3 is 7.12 Å². The molecule has 0 spiro atoms. The Hall–Kier alpha value is -1.06. The quantitative estimate of drug-likeness (QED) is 0.745. The summed E-state index contributed by atoms with van der Waals surface area (Å²) < 4.78 is 11.5. The van der Waals surface area contributed by atoms with Gasteiger partial charge in [-0.1, -0.05) is 49.8 Å². The van der Waals surface area contributed by atoms with Crippen LogP contribution < -0.4 is 5.46 Å². The van der Waals surface area contributed by atoms with Crippen LogP contribution >= 0.6 is 0 Å². The maximum Gasteiger partial charge on any atom is 0.493 e. The molecule has 0 radical (unpaired) electrons. The van der Waals surface area contributed by atoms with Crippen molar-refractivity contribution in [3.8, 4) is 0 Å². The van der Waals surface area contributed by atoms with Gasteiger partial charge in [-0.15, -0.1) is 0 Å². The summed E-state index contributed by atoms with van der Waals surface area (Å²) in [5.41, 5.74) is 3.74. The number of hydrogen-bond donors (Lipinski definition) is 0. The lowest BCUT2D eigenvalue weighted by molar-refractivity contribution is 0.0343. The first-order valence-electron chi connectivity index (χ1n) is 6.44. The molecular formula is C15H21BO2. The maximum absolute atomic E-state index is 5.76. The summed E-state index contributed by atoms with van der Waals surface area (Å²) in [5.74, 6) is 0. The smallest absolute Gasteiger partial charge is 0.407 e. The third-order valence-electron chi connectivity index (χ3n) is 2.91. The average Bonchev–Trinajstić information content (AvgIpc) is 2.30. The Morgan fingerprint density at radius 1 is 1.11 bits per heavy atom. The molecule has 96 valence electrons. The Kier molecular flexibility index (Phi) is 3.93. The summed E-state index contributed by atoms with van der Waals surface area (Å²) in [6.07, 6.45) is 2.16. The highest BCUT2D eigenvalue weighted by Gasteiger charge is 2.33. The van der Waals surface area contributed by atoms with Crippen molar-refractivity contribution in [1.82, 2.24) is 0 Å². The van der Waals surface area contributed by atoms with Crippen molar-refractivity contribution < 1.29 is 9.31 Å². The summed E-state index contributed by atoms with van der Waals surface area (Å²) in [4.78, 5) is 0. The second-order valence-corrected chi connectivity index (χ2v) is 6.01. The summed E-state index contributed by atoms with van der Waals surface area (Å²) in [6, 6.07) is 8.37. The Balaban J connectivity index is 2.05. The minimum absolute atomic E-state index is 0.124. The van der Waals surface area contributed by atoms with E-state index in [1.165, 1.54) is 11.1 Å². The third-order valence-corrected chi connectivity index (χ3v) is 2.91. The Morgan fingerprint density at radius 3 is 2.17 bits per heavy atom. The zero-order valence-electron chi connectivity index (χ0n) is 11.7. The Morgan fingerprint density at radius 2 is 1.67 bits per heavy atom. The molecule has 0 atom stereocenters. The van der Waals surface area contributed by atoms with Gasteiger partial charge in [-0.3, -0.25) is 0 Å². The van der Waals surface area contributed by atoms with Gasteiger partial charge in [-0.2, -0.15) is 0 Å². The predicted octanol–water partition coefficient (Wildman–Crippen LogP) is 2.88. The molecule has 0 saturated carbocycles. The van der Waals surface area contributed by atoms with E-state index in [4.69, 9.17) is 9.31 Å². The molecule has 1 aliphatic rings. The van der Waals surface area contributed by atoms with Crippen LogP contribution in [0.15, 0.2) is 29.8 Å². The third kappa shape index (κ3) is 3.47. The number of hydrogen-bond acceptors (Lipinski definition) is 2. The van der Waals surface area contributed by atoms with Crippen LogP contribution in [0.25, 0.3) is 6.08 Å². The molecule has 1 heterocycles. The van der Waals surface area contributed by atoms with Crippen LogP contribution in [0, 0.1) is 5.41 Å². The maximum atomic E-state index is 5.76. The molecule has 1 aromatic carbocycles. The van der Waals surface area contributed by atoms with Gasteiger partial charge < -0.3 is 9.31 Å². The molecule has 1 aromatic rings. The molecule has 0 amide bonds. The van der Waals surface area contributed by atoms with Gasteiger partial charge in [0.1, 0.15) is 0 Å². The lowest BCUT2D eigenvalue weighted by atomic mass is 9.75. The Labute approximate surface area is 110 Å². The lowest BCUT2D eigenvalue weighted by Gasteiger charge is -2.33. The minimum Gasteiger partial charge on any atom is -0.407 e. The second-order valence-electron chi connectivity index (χ2n) is 6.01. The molecular weight excluding hydrogens is 223 g/mol. The van der Waals surface area contributed by atoms with Crippen LogP contribution in [0.3, 0.4) is 0 Å². The van der Waals surface area contributed by atoms with E-state index >= 15 is 0 Å². The van der Waals surface area contributed by atoms with E-state index in [0.717, 1.165) is 18.7 Å². The number of rotatable bonds is 2. The van der Waals surface area contributed by atoms with Crippen LogP contribution in [-0.2, 0) is 9.31 Å².